The zero-order valence-corrected chi connectivity index (χ0v) is 50.3. The zero-order chi connectivity index (χ0) is 53.2. The maximum Gasteiger partial charge on any atom is 0.306 e. The van der Waals surface area contributed by atoms with Gasteiger partial charge in [0.15, 0.2) is 6.10 Å². The number of carbonyl (C=O) groups is 3. The molecule has 0 heterocycles. The van der Waals surface area contributed by atoms with Gasteiger partial charge in [-0.25, -0.2) is 0 Å². The molecule has 1 unspecified atom stereocenters. The monoisotopic (exact) mass is 1030 g/mol. The van der Waals surface area contributed by atoms with Gasteiger partial charge in [-0.3, -0.25) is 14.4 Å². The quantitative estimate of drug-likeness (QED) is 0.0343. The van der Waals surface area contributed by atoms with E-state index in [2.05, 4.69) is 34.6 Å². The number of esters is 3. The first-order valence-corrected chi connectivity index (χ1v) is 33.3. The second-order valence-electron chi connectivity index (χ2n) is 23.8. The first-order valence-electron chi connectivity index (χ1n) is 33.3. The fraction of sp³-hybridized carbons (Fsp3) is 0.955. The predicted octanol–water partition coefficient (Wildman–Crippen LogP) is 22.4. The molecule has 0 aromatic carbocycles. The Hall–Kier alpha value is -1.59. The van der Waals surface area contributed by atoms with Crippen molar-refractivity contribution in [2.75, 3.05) is 13.2 Å². The minimum absolute atomic E-state index is 0.0615. The highest BCUT2D eigenvalue weighted by Crippen LogP contribution is 2.20. The highest BCUT2D eigenvalue weighted by molar-refractivity contribution is 5.71. The van der Waals surface area contributed by atoms with Gasteiger partial charge in [0, 0.05) is 19.3 Å². The number of rotatable bonds is 61. The number of hydrogen-bond donors (Lipinski definition) is 0. The van der Waals surface area contributed by atoms with E-state index in [4.69, 9.17) is 14.2 Å². The summed E-state index contributed by atoms with van der Waals surface area (Å²) >= 11 is 0. The van der Waals surface area contributed by atoms with E-state index in [0.29, 0.717) is 19.3 Å². The number of carbonyl (C=O) groups excluding carboxylic acids is 3. The largest absolute Gasteiger partial charge is 0.462 e. The van der Waals surface area contributed by atoms with E-state index in [-0.39, 0.29) is 31.1 Å². The van der Waals surface area contributed by atoms with Gasteiger partial charge in [0.05, 0.1) is 0 Å². The van der Waals surface area contributed by atoms with Crippen LogP contribution in [0.1, 0.15) is 381 Å². The van der Waals surface area contributed by atoms with Crippen molar-refractivity contribution in [1.82, 2.24) is 0 Å². The molecule has 0 saturated heterocycles. The summed E-state index contributed by atoms with van der Waals surface area (Å²) in [5, 5.41) is 0. The Bertz CT molecular complexity index is 1120. The lowest BCUT2D eigenvalue weighted by Gasteiger charge is -2.18. The molecule has 0 aliphatic heterocycles. The van der Waals surface area contributed by atoms with E-state index in [9.17, 15) is 14.4 Å². The van der Waals surface area contributed by atoms with E-state index < -0.39 is 6.10 Å². The molecule has 0 aromatic rings. The summed E-state index contributed by atoms with van der Waals surface area (Å²) in [6.45, 7) is 11.5. The van der Waals surface area contributed by atoms with Gasteiger partial charge in [-0.1, -0.05) is 343 Å². The van der Waals surface area contributed by atoms with Crippen LogP contribution in [-0.2, 0) is 28.6 Å². The van der Waals surface area contributed by atoms with E-state index in [0.717, 1.165) is 69.6 Å². The molecule has 0 spiro atoms. The average molecular weight is 1030 g/mol. The third-order valence-corrected chi connectivity index (χ3v) is 15.8. The lowest BCUT2D eigenvalue weighted by molar-refractivity contribution is -0.167. The molecule has 0 aliphatic carbocycles. The smallest absolute Gasteiger partial charge is 0.306 e. The second-order valence-corrected chi connectivity index (χ2v) is 23.8. The fourth-order valence-corrected chi connectivity index (χ4v) is 10.4. The van der Waals surface area contributed by atoms with Crippen LogP contribution in [0.3, 0.4) is 0 Å². The Labute approximate surface area is 457 Å². The normalized spacial score (nSPS) is 12.4. The Morgan fingerprint density at radius 1 is 0.288 bits per heavy atom. The van der Waals surface area contributed by atoms with Crippen molar-refractivity contribution in [3.63, 3.8) is 0 Å². The molecule has 0 N–H and O–H groups in total. The van der Waals surface area contributed by atoms with Crippen molar-refractivity contribution in [3.05, 3.63) is 0 Å². The van der Waals surface area contributed by atoms with Crippen molar-refractivity contribution >= 4 is 17.9 Å². The van der Waals surface area contributed by atoms with Crippen LogP contribution < -0.4 is 0 Å². The summed E-state index contributed by atoms with van der Waals surface area (Å²) < 4.78 is 17.0. The second kappa shape index (κ2) is 59.7. The highest BCUT2D eigenvalue weighted by Gasteiger charge is 2.19. The van der Waals surface area contributed by atoms with Gasteiger partial charge in [0.25, 0.3) is 0 Å². The Balaban J connectivity index is 4.25. The number of unbranched alkanes of at least 4 members (excludes halogenated alkanes) is 45. The van der Waals surface area contributed by atoms with E-state index >= 15 is 0 Å². The maximum atomic E-state index is 12.9. The van der Waals surface area contributed by atoms with Crippen LogP contribution in [0.25, 0.3) is 0 Å². The Morgan fingerprint density at radius 3 is 0.781 bits per heavy atom. The standard InChI is InChI=1S/C67H130O6/c1-6-8-9-10-11-12-13-14-27-32-37-42-47-52-57-65(68)71-60-64(73-67(70)59-54-49-44-39-34-29-24-20-19-21-25-30-35-40-45-50-55-62(3)4)61-72-66(69)58-53-48-43-38-33-28-23-18-16-15-17-22-26-31-36-41-46-51-56-63(5)7-2/h62-64H,6-61H2,1-5H3/t63?,64-/m0/s1. The van der Waals surface area contributed by atoms with Gasteiger partial charge in [-0.05, 0) is 31.1 Å². The van der Waals surface area contributed by atoms with Crippen molar-refractivity contribution in [3.8, 4) is 0 Å². The van der Waals surface area contributed by atoms with Gasteiger partial charge in [-0.15, -0.1) is 0 Å². The molecule has 0 amide bonds. The molecule has 0 radical (unpaired) electrons. The minimum atomic E-state index is -0.764. The van der Waals surface area contributed by atoms with Gasteiger partial charge >= 0.3 is 17.9 Å². The van der Waals surface area contributed by atoms with Crippen LogP contribution in [0, 0.1) is 11.8 Å². The molecule has 73 heavy (non-hydrogen) atoms. The first kappa shape index (κ1) is 71.4. The number of ether oxygens (including phenoxy) is 3. The van der Waals surface area contributed by atoms with Crippen LogP contribution in [0.4, 0.5) is 0 Å². The van der Waals surface area contributed by atoms with E-state index in [1.807, 2.05) is 0 Å². The van der Waals surface area contributed by atoms with Crippen LogP contribution in [0.2, 0.25) is 0 Å². The third kappa shape index (κ3) is 59.5. The molecule has 6 nitrogen and oxygen atoms in total. The SMILES string of the molecule is CCCCCCCCCCCCCCCCC(=O)OC[C@@H](COC(=O)CCCCCCCCCCCCCCCCCCCCC(C)CC)OC(=O)CCCCCCCCCCCCCCCCCCC(C)C. The molecule has 0 saturated carbocycles. The highest BCUT2D eigenvalue weighted by atomic mass is 16.6. The molecule has 0 rings (SSSR count). The molecule has 6 heteroatoms. The molecule has 2 atom stereocenters. The van der Waals surface area contributed by atoms with Crippen LogP contribution >= 0.6 is 0 Å². The lowest BCUT2D eigenvalue weighted by Crippen LogP contribution is -2.30. The molecule has 0 bridgehead atoms. The third-order valence-electron chi connectivity index (χ3n) is 15.8. The van der Waals surface area contributed by atoms with Gasteiger partial charge in [-0.2, -0.15) is 0 Å². The molecular weight excluding hydrogens is 901 g/mol. The maximum absolute atomic E-state index is 12.9. The average Bonchev–Trinajstić information content (AvgIpc) is 3.38. The summed E-state index contributed by atoms with van der Waals surface area (Å²) in [5.41, 5.74) is 0. The van der Waals surface area contributed by atoms with E-state index in [1.54, 1.807) is 0 Å². The van der Waals surface area contributed by atoms with Crippen LogP contribution in [-0.4, -0.2) is 37.2 Å². The van der Waals surface area contributed by atoms with Crippen LogP contribution in [0.15, 0.2) is 0 Å². The van der Waals surface area contributed by atoms with Gasteiger partial charge in [0.1, 0.15) is 13.2 Å². The topological polar surface area (TPSA) is 78.9 Å². The number of hydrogen-bond acceptors (Lipinski definition) is 6. The summed E-state index contributed by atoms with van der Waals surface area (Å²) in [6.07, 6.45) is 66.7. The molecular formula is C67H130O6. The van der Waals surface area contributed by atoms with Crippen molar-refractivity contribution in [2.24, 2.45) is 11.8 Å². The minimum Gasteiger partial charge on any atom is -0.462 e. The van der Waals surface area contributed by atoms with Crippen molar-refractivity contribution in [2.45, 2.75) is 387 Å². The summed E-state index contributed by atoms with van der Waals surface area (Å²) in [4.78, 5) is 38.3. The first-order chi connectivity index (χ1) is 35.8. The molecule has 0 fully saturated rings. The lowest BCUT2D eigenvalue weighted by atomic mass is 9.99. The Morgan fingerprint density at radius 2 is 0.521 bits per heavy atom. The fourth-order valence-electron chi connectivity index (χ4n) is 10.4. The van der Waals surface area contributed by atoms with Gasteiger partial charge < -0.3 is 14.2 Å². The van der Waals surface area contributed by atoms with Crippen molar-refractivity contribution in [1.29, 1.82) is 0 Å². The summed E-state index contributed by atoms with van der Waals surface area (Å²) in [6, 6.07) is 0. The summed E-state index contributed by atoms with van der Waals surface area (Å²) in [5.74, 6) is 0.934. The predicted molar refractivity (Wildman–Crippen MR) is 316 cm³/mol. The molecule has 0 aromatic heterocycles. The van der Waals surface area contributed by atoms with Gasteiger partial charge in [0.2, 0.25) is 0 Å². The van der Waals surface area contributed by atoms with Crippen molar-refractivity contribution < 1.29 is 28.6 Å². The molecule has 434 valence electrons. The molecule has 0 aliphatic rings. The van der Waals surface area contributed by atoms with Crippen LogP contribution in [0.5, 0.6) is 0 Å². The Kier molecular flexibility index (Phi) is 58.4. The summed E-state index contributed by atoms with van der Waals surface area (Å²) in [7, 11) is 0. The zero-order valence-electron chi connectivity index (χ0n) is 50.3. The van der Waals surface area contributed by atoms with E-state index in [1.165, 1.54) is 270 Å².